The third-order valence-corrected chi connectivity index (χ3v) is 5.20. The number of carbonyl (C=O) groups is 2. The first-order valence-corrected chi connectivity index (χ1v) is 8.49. The summed E-state index contributed by atoms with van der Waals surface area (Å²) in [5.74, 6) is -0.821. The monoisotopic (exact) mass is 341 g/mol. The van der Waals surface area contributed by atoms with Gasteiger partial charge in [-0.2, -0.15) is 5.10 Å². The summed E-state index contributed by atoms with van der Waals surface area (Å²) >= 11 is 0. The van der Waals surface area contributed by atoms with Crippen LogP contribution in [0.15, 0.2) is 24.3 Å². The molecule has 1 fully saturated rings. The number of carbonyl (C=O) groups excluding carboxylic acids is 1. The maximum Gasteiger partial charge on any atom is 0.335 e. The van der Waals surface area contributed by atoms with Gasteiger partial charge in [-0.3, -0.25) is 9.48 Å². The Bertz CT molecular complexity index is 825. The van der Waals surface area contributed by atoms with Gasteiger partial charge >= 0.3 is 5.97 Å². The number of rotatable bonds is 4. The van der Waals surface area contributed by atoms with E-state index in [1.165, 1.54) is 0 Å². The van der Waals surface area contributed by atoms with E-state index in [1.54, 1.807) is 16.8 Å². The van der Waals surface area contributed by atoms with Crippen molar-refractivity contribution < 1.29 is 14.7 Å². The van der Waals surface area contributed by atoms with Crippen molar-refractivity contribution in [2.24, 2.45) is 0 Å². The highest BCUT2D eigenvalue weighted by molar-refractivity contribution is 5.89. The minimum Gasteiger partial charge on any atom is -0.478 e. The van der Waals surface area contributed by atoms with Crippen molar-refractivity contribution in [1.29, 1.82) is 0 Å². The van der Waals surface area contributed by atoms with Crippen molar-refractivity contribution in [3.05, 3.63) is 52.3 Å². The van der Waals surface area contributed by atoms with E-state index in [2.05, 4.69) is 5.10 Å². The van der Waals surface area contributed by atoms with E-state index in [1.807, 2.05) is 37.8 Å². The molecule has 25 heavy (non-hydrogen) atoms. The van der Waals surface area contributed by atoms with Gasteiger partial charge in [0.2, 0.25) is 5.91 Å². The van der Waals surface area contributed by atoms with Gasteiger partial charge in [0.15, 0.2) is 0 Å². The Balaban J connectivity index is 1.71. The number of aromatic nitrogens is 2. The lowest BCUT2D eigenvalue weighted by Crippen LogP contribution is -2.32. The fourth-order valence-electron chi connectivity index (χ4n) is 3.46. The quantitative estimate of drug-likeness (QED) is 0.927. The highest BCUT2D eigenvalue weighted by Crippen LogP contribution is 2.30. The van der Waals surface area contributed by atoms with Crippen LogP contribution in [-0.4, -0.2) is 44.8 Å². The number of aromatic carboxylic acids is 1. The van der Waals surface area contributed by atoms with Crippen molar-refractivity contribution in [2.45, 2.75) is 39.7 Å². The molecule has 1 amide bonds. The number of nitrogens with zero attached hydrogens (tertiary/aromatic N) is 3. The van der Waals surface area contributed by atoms with Crippen molar-refractivity contribution in [3.8, 4) is 0 Å². The van der Waals surface area contributed by atoms with Crippen molar-refractivity contribution in [3.63, 3.8) is 0 Å². The molecule has 1 saturated heterocycles. The van der Waals surface area contributed by atoms with E-state index in [4.69, 9.17) is 0 Å². The number of carboxylic acid groups (broad SMARTS) is 1. The highest BCUT2D eigenvalue weighted by Gasteiger charge is 2.30. The molecule has 132 valence electrons. The largest absolute Gasteiger partial charge is 0.478 e. The summed E-state index contributed by atoms with van der Waals surface area (Å²) < 4.78 is 1.76. The molecule has 6 heteroatoms. The molecule has 1 atom stereocenters. The summed E-state index contributed by atoms with van der Waals surface area (Å²) in [4.78, 5) is 25.9. The Kier molecular flexibility index (Phi) is 4.61. The number of hydrogen-bond donors (Lipinski definition) is 1. The molecule has 0 spiro atoms. The van der Waals surface area contributed by atoms with Gasteiger partial charge in [0, 0.05) is 24.7 Å². The third kappa shape index (κ3) is 3.29. The van der Waals surface area contributed by atoms with E-state index in [0.29, 0.717) is 18.7 Å². The predicted molar refractivity (Wildman–Crippen MR) is 93.8 cm³/mol. The molecule has 6 nitrogen and oxygen atoms in total. The summed E-state index contributed by atoms with van der Waals surface area (Å²) in [7, 11) is 0. The molecule has 3 rings (SSSR count). The van der Waals surface area contributed by atoms with Gasteiger partial charge < -0.3 is 10.0 Å². The molecular formula is C19H23N3O3. The van der Waals surface area contributed by atoms with Gasteiger partial charge in [-0.05, 0) is 44.4 Å². The maximum absolute atomic E-state index is 12.6. The predicted octanol–water partition coefficient (Wildman–Crippen LogP) is 2.52. The van der Waals surface area contributed by atoms with Gasteiger partial charge in [0.1, 0.15) is 6.54 Å². The van der Waals surface area contributed by atoms with Gasteiger partial charge in [-0.15, -0.1) is 0 Å². The van der Waals surface area contributed by atoms with Crippen LogP contribution in [0.4, 0.5) is 0 Å². The topological polar surface area (TPSA) is 75.4 Å². The first-order valence-electron chi connectivity index (χ1n) is 8.49. The number of amides is 1. The molecule has 1 N–H and O–H groups in total. The summed E-state index contributed by atoms with van der Waals surface area (Å²) in [5, 5.41) is 13.8. The molecular weight excluding hydrogens is 318 g/mol. The summed E-state index contributed by atoms with van der Waals surface area (Å²) in [6.07, 6.45) is 0.784. The van der Waals surface area contributed by atoms with Gasteiger partial charge in [0.25, 0.3) is 0 Å². The third-order valence-electron chi connectivity index (χ3n) is 5.20. The SMILES string of the molecule is Cc1nn(CC(=O)N2CC[C@@H](c3ccccc3C(=O)O)C2)c(C)c1C. The fraction of sp³-hybridized carbons (Fsp3) is 0.421. The summed E-state index contributed by atoms with van der Waals surface area (Å²) in [6.45, 7) is 7.36. The molecule has 0 aliphatic carbocycles. The van der Waals surface area contributed by atoms with Crippen LogP contribution in [0.3, 0.4) is 0 Å². The highest BCUT2D eigenvalue weighted by atomic mass is 16.4. The molecule has 0 saturated carbocycles. The van der Waals surface area contributed by atoms with Crippen LogP contribution in [0, 0.1) is 20.8 Å². The van der Waals surface area contributed by atoms with Crippen LogP contribution in [0.1, 0.15) is 45.2 Å². The Labute approximate surface area is 147 Å². The Hall–Kier alpha value is -2.63. The molecule has 1 aromatic carbocycles. The number of likely N-dealkylation sites (tertiary alicyclic amines) is 1. The van der Waals surface area contributed by atoms with E-state index in [-0.39, 0.29) is 18.4 Å². The second kappa shape index (κ2) is 6.70. The second-order valence-electron chi connectivity index (χ2n) is 6.67. The lowest BCUT2D eigenvalue weighted by molar-refractivity contribution is -0.131. The first-order chi connectivity index (χ1) is 11.9. The zero-order chi connectivity index (χ0) is 18.1. The molecule has 1 aromatic heterocycles. The van der Waals surface area contributed by atoms with Gasteiger partial charge in [0.05, 0.1) is 11.3 Å². The van der Waals surface area contributed by atoms with Gasteiger partial charge in [-0.25, -0.2) is 4.79 Å². The van der Waals surface area contributed by atoms with Crippen LogP contribution in [0.2, 0.25) is 0 Å². The lowest BCUT2D eigenvalue weighted by atomic mass is 9.93. The average molecular weight is 341 g/mol. The molecule has 1 aliphatic rings. The first kappa shape index (κ1) is 17.2. The summed E-state index contributed by atoms with van der Waals surface area (Å²) in [5.41, 5.74) is 4.21. The molecule has 0 radical (unpaired) electrons. The van der Waals surface area contributed by atoms with Crippen LogP contribution >= 0.6 is 0 Å². The zero-order valence-corrected chi connectivity index (χ0v) is 14.8. The standard InChI is InChI=1S/C19H23N3O3/c1-12-13(2)20-22(14(12)3)11-18(23)21-9-8-15(10-21)16-6-4-5-7-17(16)19(24)25/h4-7,15H,8-11H2,1-3H3,(H,24,25)/t15-/m1/s1. The maximum atomic E-state index is 12.6. The fourth-order valence-corrected chi connectivity index (χ4v) is 3.46. The van der Waals surface area contributed by atoms with E-state index in [9.17, 15) is 14.7 Å². The normalized spacial score (nSPS) is 17.1. The zero-order valence-electron chi connectivity index (χ0n) is 14.8. The molecule has 1 aliphatic heterocycles. The lowest BCUT2D eigenvalue weighted by Gasteiger charge is -2.18. The Morgan fingerprint density at radius 3 is 2.60 bits per heavy atom. The van der Waals surface area contributed by atoms with Crippen LogP contribution < -0.4 is 0 Å². The minimum atomic E-state index is -0.918. The molecule has 2 heterocycles. The Morgan fingerprint density at radius 2 is 1.96 bits per heavy atom. The summed E-state index contributed by atoms with van der Waals surface area (Å²) in [6, 6.07) is 7.06. The van der Waals surface area contributed by atoms with Crippen LogP contribution in [0.5, 0.6) is 0 Å². The smallest absolute Gasteiger partial charge is 0.335 e. The van der Waals surface area contributed by atoms with E-state index in [0.717, 1.165) is 28.9 Å². The minimum absolute atomic E-state index is 0.0286. The van der Waals surface area contributed by atoms with Crippen LogP contribution in [-0.2, 0) is 11.3 Å². The number of hydrogen-bond acceptors (Lipinski definition) is 3. The van der Waals surface area contributed by atoms with Crippen molar-refractivity contribution >= 4 is 11.9 Å². The number of benzene rings is 1. The van der Waals surface area contributed by atoms with Crippen molar-refractivity contribution in [1.82, 2.24) is 14.7 Å². The molecule has 0 unspecified atom stereocenters. The van der Waals surface area contributed by atoms with Gasteiger partial charge in [-0.1, -0.05) is 18.2 Å². The second-order valence-corrected chi connectivity index (χ2v) is 6.67. The average Bonchev–Trinajstić information content (AvgIpc) is 3.17. The molecule has 2 aromatic rings. The number of carboxylic acids is 1. The van der Waals surface area contributed by atoms with E-state index < -0.39 is 5.97 Å². The van der Waals surface area contributed by atoms with Crippen LogP contribution in [0.25, 0.3) is 0 Å². The number of aryl methyl sites for hydroxylation is 1. The Morgan fingerprint density at radius 1 is 1.24 bits per heavy atom. The molecule has 0 bridgehead atoms. The van der Waals surface area contributed by atoms with E-state index >= 15 is 0 Å². The van der Waals surface area contributed by atoms with Crippen molar-refractivity contribution in [2.75, 3.05) is 13.1 Å².